The Bertz CT molecular complexity index is 347. The molecule has 0 heterocycles. The summed E-state index contributed by atoms with van der Waals surface area (Å²) in [5.41, 5.74) is 8.45. The molecular formula is C11H15NO2. The third-order valence-electron chi connectivity index (χ3n) is 2.40. The van der Waals surface area contributed by atoms with E-state index >= 15 is 0 Å². The first-order chi connectivity index (χ1) is 6.57. The topological polar surface area (TPSA) is 63.3 Å². The van der Waals surface area contributed by atoms with E-state index in [4.69, 9.17) is 10.8 Å². The fourth-order valence-corrected chi connectivity index (χ4v) is 1.63. The highest BCUT2D eigenvalue weighted by molar-refractivity contribution is 5.76. The average molecular weight is 193 g/mol. The summed E-state index contributed by atoms with van der Waals surface area (Å²) in [4.78, 5) is 10.8. The number of carboxylic acid groups (broad SMARTS) is 1. The van der Waals surface area contributed by atoms with Crippen molar-refractivity contribution in [2.45, 2.75) is 26.3 Å². The van der Waals surface area contributed by atoms with Crippen LogP contribution in [0.5, 0.6) is 0 Å². The minimum absolute atomic E-state index is 0.722. The molecular weight excluding hydrogens is 178 g/mol. The lowest BCUT2D eigenvalue weighted by molar-refractivity contribution is -0.138. The van der Waals surface area contributed by atoms with E-state index in [1.807, 2.05) is 26.0 Å². The first-order valence-corrected chi connectivity index (χ1v) is 4.64. The predicted molar refractivity (Wildman–Crippen MR) is 55.1 cm³/mol. The van der Waals surface area contributed by atoms with E-state index in [1.165, 1.54) is 0 Å². The number of carboxylic acids is 1. The van der Waals surface area contributed by atoms with Crippen LogP contribution in [-0.4, -0.2) is 11.1 Å². The van der Waals surface area contributed by atoms with Crippen molar-refractivity contribution in [3.8, 4) is 0 Å². The quantitative estimate of drug-likeness (QED) is 0.767. The highest BCUT2D eigenvalue weighted by atomic mass is 16.4. The third-order valence-corrected chi connectivity index (χ3v) is 2.40. The zero-order chi connectivity index (χ0) is 10.7. The summed E-state index contributed by atoms with van der Waals surface area (Å²) in [5, 5.41) is 8.82. The SMILES string of the molecule is CCc1c(C)cccc1[C@H](N)C(=O)O. The van der Waals surface area contributed by atoms with E-state index < -0.39 is 12.0 Å². The van der Waals surface area contributed by atoms with E-state index in [-0.39, 0.29) is 0 Å². The van der Waals surface area contributed by atoms with Crippen LogP contribution in [0.4, 0.5) is 0 Å². The second-order valence-corrected chi connectivity index (χ2v) is 3.31. The van der Waals surface area contributed by atoms with Crippen molar-refractivity contribution in [1.29, 1.82) is 0 Å². The summed E-state index contributed by atoms with van der Waals surface area (Å²) in [7, 11) is 0. The average Bonchev–Trinajstić information content (AvgIpc) is 2.16. The zero-order valence-corrected chi connectivity index (χ0v) is 8.45. The van der Waals surface area contributed by atoms with Gasteiger partial charge >= 0.3 is 5.97 Å². The molecule has 1 atom stereocenters. The van der Waals surface area contributed by atoms with Crippen LogP contribution in [0.15, 0.2) is 18.2 Å². The Labute approximate surface area is 83.6 Å². The van der Waals surface area contributed by atoms with Crippen LogP contribution in [0.1, 0.15) is 29.7 Å². The van der Waals surface area contributed by atoms with Crippen molar-refractivity contribution >= 4 is 5.97 Å². The first kappa shape index (κ1) is 10.7. The van der Waals surface area contributed by atoms with E-state index in [0.29, 0.717) is 0 Å². The Hall–Kier alpha value is -1.35. The number of hydrogen-bond donors (Lipinski definition) is 2. The molecule has 0 saturated carbocycles. The molecule has 3 N–H and O–H groups in total. The molecule has 0 radical (unpaired) electrons. The summed E-state index contributed by atoms with van der Waals surface area (Å²) < 4.78 is 0. The summed E-state index contributed by atoms with van der Waals surface area (Å²) in [6.45, 7) is 3.97. The monoisotopic (exact) mass is 193 g/mol. The smallest absolute Gasteiger partial charge is 0.325 e. The van der Waals surface area contributed by atoms with Gasteiger partial charge in [-0.25, -0.2) is 0 Å². The van der Waals surface area contributed by atoms with Crippen molar-refractivity contribution in [3.63, 3.8) is 0 Å². The molecule has 14 heavy (non-hydrogen) atoms. The molecule has 0 bridgehead atoms. The number of aliphatic carboxylic acids is 1. The molecule has 0 aliphatic heterocycles. The van der Waals surface area contributed by atoms with Gasteiger partial charge in [0.25, 0.3) is 0 Å². The highest BCUT2D eigenvalue weighted by Gasteiger charge is 2.17. The molecule has 0 spiro atoms. The number of aryl methyl sites for hydroxylation is 1. The lowest BCUT2D eigenvalue weighted by Gasteiger charge is -2.13. The number of nitrogens with two attached hydrogens (primary N) is 1. The number of rotatable bonds is 3. The van der Waals surface area contributed by atoms with Crippen molar-refractivity contribution in [1.82, 2.24) is 0 Å². The van der Waals surface area contributed by atoms with Crippen LogP contribution in [0.3, 0.4) is 0 Å². The Balaban J connectivity index is 3.20. The van der Waals surface area contributed by atoms with E-state index in [9.17, 15) is 4.79 Å². The molecule has 3 nitrogen and oxygen atoms in total. The molecule has 76 valence electrons. The molecule has 0 amide bonds. The van der Waals surface area contributed by atoms with Crippen LogP contribution in [0.25, 0.3) is 0 Å². The molecule has 1 aromatic rings. The first-order valence-electron chi connectivity index (χ1n) is 4.64. The van der Waals surface area contributed by atoms with E-state index in [1.54, 1.807) is 6.07 Å². The normalized spacial score (nSPS) is 12.5. The van der Waals surface area contributed by atoms with Gasteiger partial charge in [0.1, 0.15) is 6.04 Å². The van der Waals surface area contributed by atoms with Gasteiger partial charge in [-0.15, -0.1) is 0 Å². The number of hydrogen-bond acceptors (Lipinski definition) is 2. The third kappa shape index (κ3) is 1.93. The highest BCUT2D eigenvalue weighted by Crippen LogP contribution is 2.20. The van der Waals surface area contributed by atoms with Crippen LogP contribution in [-0.2, 0) is 11.2 Å². The van der Waals surface area contributed by atoms with Crippen LogP contribution in [0, 0.1) is 6.92 Å². The van der Waals surface area contributed by atoms with Gasteiger partial charge < -0.3 is 10.8 Å². The Morgan fingerprint density at radius 2 is 2.21 bits per heavy atom. The minimum atomic E-state index is -0.981. The Kier molecular flexibility index (Phi) is 3.25. The van der Waals surface area contributed by atoms with Gasteiger partial charge in [-0.1, -0.05) is 25.1 Å². The number of carbonyl (C=O) groups is 1. The Morgan fingerprint density at radius 3 is 2.71 bits per heavy atom. The minimum Gasteiger partial charge on any atom is -0.480 e. The maximum Gasteiger partial charge on any atom is 0.325 e. The molecule has 1 rings (SSSR count). The van der Waals surface area contributed by atoms with Gasteiger partial charge in [-0.05, 0) is 30.0 Å². The summed E-state index contributed by atoms with van der Waals surface area (Å²) in [6, 6.07) is 4.68. The molecule has 0 saturated heterocycles. The molecule has 0 fully saturated rings. The standard InChI is InChI=1S/C11H15NO2/c1-3-8-7(2)5-4-6-9(8)10(12)11(13)14/h4-6,10H,3,12H2,1-2H3,(H,13,14)/t10-/m0/s1. The summed E-state index contributed by atoms with van der Waals surface area (Å²) >= 11 is 0. The predicted octanol–water partition coefficient (Wildman–Crippen LogP) is 1.64. The van der Waals surface area contributed by atoms with Gasteiger partial charge in [0.05, 0.1) is 0 Å². The van der Waals surface area contributed by atoms with Gasteiger partial charge in [-0.3, -0.25) is 4.79 Å². The number of benzene rings is 1. The summed E-state index contributed by atoms with van der Waals surface area (Å²) in [5.74, 6) is -0.981. The van der Waals surface area contributed by atoms with Gasteiger partial charge in [0, 0.05) is 0 Å². The van der Waals surface area contributed by atoms with Crippen LogP contribution >= 0.6 is 0 Å². The van der Waals surface area contributed by atoms with Gasteiger partial charge in [0.15, 0.2) is 0 Å². The second kappa shape index (κ2) is 4.24. The van der Waals surface area contributed by atoms with Crippen molar-refractivity contribution in [3.05, 3.63) is 34.9 Å². The molecule has 3 heteroatoms. The van der Waals surface area contributed by atoms with Crippen LogP contribution < -0.4 is 5.73 Å². The fraction of sp³-hybridized carbons (Fsp3) is 0.364. The van der Waals surface area contributed by atoms with E-state index in [0.717, 1.165) is 23.1 Å². The van der Waals surface area contributed by atoms with Crippen molar-refractivity contribution in [2.75, 3.05) is 0 Å². The lowest BCUT2D eigenvalue weighted by atomic mass is 9.95. The largest absolute Gasteiger partial charge is 0.480 e. The van der Waals surface area contributed by atoms with Crippen molar-refractivity contribution < 1.29 is 9.90 Å². The molecule has 0 aromatic heterocycles. The van der Waals surface area contributed by atoms with Gasteiger partial charge in [-0.2, -0.15) is 0 Å². The van der Waals surface area contributed by atoms with Crippen LogP contribution in [0.2, 0.25) is 0 Å². The zero-order valence-electron chi connectivity index (χ0n) is 8.45. The van der Waals surface area contributed by atoms with E-state index in [2.05, 4.69) is 0 Å². The maximum atomic E-state index is 10.8. The second-order valence-electron chi connectivity index (χ2n) is 3.31. The van der Waals surface area contributed by atoms with Crippen molar-refractivity contribution in [2.24, 2.45) is 5.73 Å². The molecule has 1 aromatic carbocycles. The molecule has 0 unspecified atom stereocenters. The summed E-state index contributed by atoms with van der Waals surface area (Å²) in [6.07, 6.45) is 0.809. The maximum absolute atomic E-state index is 10.8. The van der Waals surface area contributed by atoms with Gasteiger partial charge in [0.2, 0.25) is 0 Å². The molecule has 0 aliphatic rings. The molecule has 0 aliphatic carbocycles. The fourth-order valence-electron chi connectivity index (χ4n) is 1.63. The Morgan fingerprint density at radius 1 is 1.57 bits per heavy atom. The lowest BCUT2D eigenvalue weighted by Crippen LogP contribution is -2.22.